The van der Waals surface area contributed by atoms with Crippen molar-refractivity contribution in [1.29, 1.82) is 0 Å². The molecule has 112 valence electrons. The summed E-state index contributed by atoms with van der Waals surface area (Å²) in [5, 5.41) is 21.6. The molecule has 0 aliphatic heterocycles. The lowest BCUT2D eigenvalue weighted by molar-refractivity contribution is -0.384. The van der Waals surface area contributed by atoms with Crippen molar-refractivity contribution in [2.75, 3.05) is 18.5 Å². The molecule has 1 aliphatic carbocycles. The molecule has 7 heteroatoms. The number of aryl methyl sites for hydroxylation is 1. The van der Waals surface area contributed by atoms with Gasteiger partial charge in [0, 0.05) is 19.7 Å². The average molecular weight is 307 g/mol. The molecule has 1 aliphatic rings. The van der Waals surface area contributed by atoms with E-state index in [1.54, 1.807) is 12.1 Å². The van der Waals surface area contributed by atoms with Crippen molar-refractivity contribution in [3.63, 3.8) is 0 Å². The van der Waals surface area contributed by atoms with Gasteiger partial charge in [0.05, 0.1) is 26.3 Å². The number of aromatic nitrogens is 1. The molecule has 0 unspecified atom stereocenters. The summed E-state index contributed by atoms with van der Waals surface area (Å²) in [6, 6.07) is 3.41. The molecule has 0 bridgehead atoms. The van der Waals surface area contributed by atoms with Crippen molar-refractivity contribution in [2.24, 2.45) is 5.92 Å². The van der Waals surface area contributed by atoms with Crippen LogP contribution in [-0.4, -0.2) is 34.7 Å². The molecule has 6 nitrogen and oxygen atoms in total. The van der Waals surface area contributed by atoms with E-state index in [4.69, 9.17) is 0 Å². The summed E-state index contributed by atoms with van der Waals surface area (Å²) in [6.07, 6.45) is 1.34. The lowest BCUT2D eigenvalue weighted by Crippen LogP contribution is -2.37. The Hall–Kier alpha value is -1.73. The molecule has 1 N–H and O–H groups in total. The zero-order valence-corrected chi connectivity index (χ0v) is 12.8. The van der Waals surface area contributed by atoms with Crippen LogP contribution >= 0.6 is 11.3 Å². The van der Waals surface area contributed by atoms with E-state index < -0.39 is 0 Å². The number of aliphatic hydroxyl groups excluding tert-OH is 1. The molecular formula is C14H17N3O3S. The predicted octanol–water partition coefficient (Wildman–Crippen LogP) is 2.72. The van der Waals surface area contributed by atoms with Crippen molar-refractivity contribution in [2.45, 2.75) is 25.9 Å². The van der Waals surface area contributed by atoms with Gasteiger partial charge in [-0.05, 0) is 31.7 Å². The van der Waals surface area contributed by atoms with E-state index in [2.05, 4.69) is 4.98 Å². The summed E-state index contributed by atoms with van der Waals surface area (Å²) in [4.78, 5) is 17.3. The van der Waals surface area contributed by atoms with Gasteiger partial charge in [0.1, 0.15) is 5.69 Å². The van der Waals surface area contributed by atoms with Gasteiger partial charge in [0.2, 0.25) is 0 Å². The minimum atomic E-state index is -0.337. The first-order valence-electron chi connectivity index (χ1n) is 6.89. The van der Waals surface area contributed by atoms with Crippen LogP contribution < -0.4 is 4.90 Å². The Morgan fingerprint density at radius 2 is 2.24 bits per heavy atom. The maximum absolute atomic E-state index is 11.3. The van der Waals surface area contributed by atoms with E-state index in [0.29, 0.717) is 18.2 Å². The second-order valence-corrected chi connectivity index (χ2v) is 6.91. The fourth-order valence-electron chi connectivity index (χ4n) is 2.85. The number of nitro groups is 1. The molecule has 0 atom stereocenters. The van der Waals surface area contributed by atoms with Gasteiger partial charge in [-0.15, -0.1) is 11.3 Å². The Balaban J connectivity index is 1.94. The zero-order valence-electron chi connectivity index (χ0n) is 11.9. The van der Waals surface area contributed by atoms with Crippen LogP contribution in [0.1, 0.15) is 17.8 Å². The standard InChI is InChI=1S/C14H17N3O3S/c1-8-15-11-5-12(13(17(19)20)6-14(11)21-8)16(2)7-9-3-10(18)4-9/h5-6,9-10,18H,3-4,7H2,1-2H3. The first-order chi connectivity index (χ1) is 9.94. The highest BCUT2D eigenvalue weighted by atomic mass is 32.1. The summed E-state index contributed by atoms with van der Waals surface area (Å²) < 4.78 is 0.843. The van der Waals surface area contributed by atoms with E-state index in [-0.39, 0.29) is 16.7 Å². The quantitative estimate of drug-likeness (QED) is 0.694. The van der Waals surface area contributed by atoms with Crippen LogP contribution in [0, 0.1) is 23.0 Å². The van der Waals surface area contributed by atoms with Crippen LogP contribution in [0.5, 0.6) is 0 Å². The number of nitrogens with zero attached hydrogens (tertiary/aromatic N) is 3. The number of thiazole rings is 1. The van der Waals surface area contributed by atoms with Gasteiger partial charge in [-0.2, -0.15) is 0 Å². The predicted molar refractivity (Wildman–Crippen MR) is 83.0 cm³/mol. The molecule has 0 spiro atoms. The van der Waals surface area contributed by atoms with Gasteiger partial charge in [-0.3, -0.25) is 10.1 Å². The summed E-state index contributed by atoms with van der Waals surface area (Å²) in [5.74, 6) is 0.400. The Morgan fingerprint density at radius 3 is 2.86 bits per heavy atom. The van der Waals surface area contributed by atoms with Gasteiger partial charge < -0.3 is 10.0 Å². The smallest absolute Gasteiger partial charge is 0.294 e. The van der Waals surface area contributed by atoms with E-state index >= 15 is 0 Å². The molecule has 1 aromatic heterocycles. The van der Waals surface area contributed by atoms with Crippen LogP contribution in [0.4, 0.5) is 11.4 Å². The number of rotatable bonds is 4. The minimum absolute atomic E-state index is 0.119. The third-order valence-electron chi connectivity index (χ3n) is 3.94. The second-order valence-electron chi connectivity index (χ2n) is 5.67. The Bertz CT molecular complexity index is 694. The zero-order chi connectivity index (χ0) is 15.1. The first-order valence-corrected chi connectivity index (χ1v) is 7.70. The van der Waals surface area contributed by atoms with E-state index in [1.807, 2.05) is 18.9 Å². The normalized spacial score (nSPS) is 21.3. The SMILES string of the molecule is Cc1nc2cc(N(C)CC3CC(O)C3)c([N+](=O)[O-])cc2s1. The minimum Gasteiger partial charge on any atom is -0.393 e. The molecule has 1 heterocycles. The van der Waals surface area contributed by atoms with Gasteiger partial charge in [0.25, 0.3) is 5.69 Å². The lowest BCUT2D eigenvalue weighted by atomic mass is 9.82. The van der Waals surface area contributed by atoms with Crippen LogP contribution in [0.3, 0.4) is 0 Å². The molecule has 2 aromatic rings. The van der Waals surface area contributed by atoms with E-state index in [9.17, 15) is 15.2 Å². The molecule has 0 saturated heterocycles. The number of benzene rings is 1. The van der Waals surface area contributed by atoms with Crippen molar-refractivity contribution < 1.29 is 10.0 Å². The molecule has 1 aromatic carbocycles. The van der Waals surface area contributed by atoms with E-state index in [1.165, 1.54) is 11.3 Å². The molecule has 0 radical (unpaired) electrons. The molecule has 1 saturated carbocycles. The highest BCUT2D eigenvalue weighted by Gasteiger charge is 2.29. The maximum atomic E-state index is 11.3. The van der Waals surface area contributed by atoms with Crippen LogP contribution in [-0.2, 0) is 0 Å². The van der Waals surface area contributed by atoms with Gasteiger partial charge in [-0.25, -0.2) is 4.98 Å². The molecule has 0 amide bonds. The van der Waals surface area contributed by atoms with Crippen LogP contribution in [0.2, 0.25) is 0 Å². The van der Waals surface area contributed by atoms with Gasteiger partial charge >= 0.3 is 0 Å². The van der Waals surface area contributed by atoms with Gasteiger partial charge in [-0.1, -0.05) is 0 Å². The second kappa shape index (κ2) is 5.23. The van der Waals surface area contributed by atoms with Crippen molar-refractivity contribution >= 4 is 32.9 Å². The number of aliphatic hydroxyl groups is 1. The lowest BCUT2D eigenvalue weighted by Gasteiger charge is -2.35. The number of anilines is 1. The monoisotopic (exact) mass is 307 g/mol. The number of nitro benzene ring substituents is 1. The van der Waals surface area contributed by atoms with Crippen molar-refractivity contribution in [3.05, 3.63) is 27.3 Å². The Labute approximate surface area is 126 Å². The first kappa shape index (κ1) is 14.2. The van der Waals surface area contributed by atoms with E-state index in [0.717, 1.165) is 28.1 Å². The Kier molecular flexibility index (Phi) is 3.54. The summed E-state index contributed by atoms with van der Waals surface area (Å²) >= 11 is 1.47. The van der Waals surface area contributed by atoms with Crippen LogP contribution in [0.15, 0.2) is 12.1 Å². The summed E-state index contributed by atoms with van der Waals surface area (Å²) in [7, 11) is 1.86. The number of fused-ring (bicyclic) bond motifs is 1. The number of hydrogen-bond donors (Lipinski definition) is 1. The molecule has 1 fully saturated rings. The average Bonchev–Trinajstić information content (AvgIpc) is 2.74. The third kappa shape index (κ3) is 2.71. The maximum Gasteiger partial charge on any atom is 0.294 e. The number of hydrogen-bond acceptors (Lipinski definition) is 6. The molecule has 3 rings (SSSR count). The fourth-order valence-corrected chi connectivity index (χ4v) is 3.70. The summed E-state index contributed by atoms with van der Waals surface area (Å²) in [5.41, 5.74) is 1.52. The van der Waals surface area contributed by atoms with Crippen molar-refractivity contribution in [3.8, 4) is 0 Å². The summed E-state index contributed by atoms with van der Waals surface area (Å²) in [6.45, 7) is 2.61. The third-order valence-corrected chi connectivity index (χ3v) is 4.88. The topological polar surface area (TPSA) is 79.5 Å². The van der Waals surface area contributed by atoms with Gasteiger partial charge in [0.15, 0.2) is 0 Å². The largest absolute Gasteiger partial charge is 0.393 e. The van der Waals surface area contributed by atoms with Crippen molar-refractivity contribution in [1.82, 2.24) is 4.98 Å². The highest BCUT2D eigenvalue weighted by Crippen LogP contribution is 2.36. The molecule has 21 heavy (non-hydrogen) atoms. The fraction of sp³-hybridized carbons (Fsp3) is 0.500. The highest BCUT2D eigenvalue weighted by molar-refractivity contribution is 7.18. The molecular weight excluding hydrogens is 290 g/mol. The Morgan fingerprint density at radius 1 is 1.52 bits per heavy atom. The van der Waals surface area contributed by atoms with Crippen LogP contribution in [0.25, 0.3) is 10.2 Å².